The number of hydrogen-bond donors (Lipinski definition) is 3. The van der Waals surface area contributed by atoms with Crippen LogP contribution in [0.25, 0.3) is 0 Å². The third-order valence-electron chi connectivity index (χ3n) is 7.59. The lowest BCUT2D eigenvalue weighted by molar-refractivity contribution is 0.0382. The monoisotopic (exact) mass is 543 g/mol. The zero-order valence-corrected chi connectivity index (χ0v) is 22.4. The number of ether oxygens (including phenoxy) is 1. The second-order valence-electron chi connectivity index (χ2n) is 10.1. The molecule has 40 heavy (non-hydrogen) atoms. The van der Waals surface area contributed by atoms with E-state index in [0.29, 0.717) is 37.4 Å². The largest absolute Gasteiger partial charge is 0.493 e. The van der Waals surface area contributed by atoms with Gasteiger partial charge >= 0.3 is 6.09 Å². The fraction of sp³-hybridized carbons (Fsp3) is 0.323. The van der Waals surface area contributed by atoms with Gasteiger partial charge in [0.1, 0.15) is 5.75 Å². The molecule has 0 unspecified atom stereocenters. The van der Waals surface area contributed by atoms with Crippen molar-refractivity contribution >= 4 is 17.9 Å². The first-order valence-corrected chi connectivity index (χ1v) is 13.5. The molecule has 3 aromatic carbocycles. The second kappa shape index (κ2) is 11.8. The molecule has 2 aliphatic rings. The molecule has 0 aromatic heterocycles. The molecule has 0 bridgehead atoms. The molecule has 0 saturated heterocycles. The van der Waals surface area contributed by atoms with Gasteiger partial charge < -0.3 is 25.2 Å². The van der Waals surface area contributed by atoms with E-state index in [4.69, 9.17) is 4.74 Å². The summed E-state index contributed by atoms with van der Waals surface area (Å²) < 4.78 is 5.73. The van der Waals surface area contributed by atoms with Gasteiger partial charge in [-0.3, -0.25) is 14.5 Å². The van der Waals surface area contributed by atoms with Gasteiger partial charge in [0, 0.05) is 31.7 Å². The predicted molar refractivity (Wildman–Crippen MR) is 148 cm³/mol. The maximum absolute atomic E-state index is 13.3. The minimum absolute atomic E-state index is 0.0967. The lowest BCUT2D eigenvalue weighted by Crippen LogP contribution is -2.53. The van der Waals surface area contributed by atoms with Crippen molar-refractivity contribution in [1.29, 1.82) is 0 Å². The average Bonchev–Trinajstić information content (AvgIpc) is 3.28. The van der Waals surface area contributed by atoms with Gasteiger partial charge in [0.25, 0.3) is 11.8 Å². The van der Waals surface area contributed by atoms with Crippen LogP contribution in [-0.4, -0.2) is 69.8 Å². The minimum Gasteiger partial charge on any atom is -0.493 e. The molecule has 0 fully saturated rings. The normalized spacial score (nSPS) is 16.8. The number of aliphatic hydroxyl groups is 1. The number of hydrogen-bond acceptors (Lipinski definition) is 5. The molecule has 2 aliphatic heterocycles. The zero-order valence-electron chi connectivity index (χ0n) is 22.4. The Morgan fingerprint density at radius 3 is 2.48 bits per heavy atom. The minimum atomic E-state index is -1.12. The predicted octanol–water partition coefficient (Wildman–Crippen LogP) is 3.48. The highest BCUT2D eigenvalue weighted by Crippen LogP contribution is 2.31. The van der Waals surface area contributed by atoms with Crippen LogP contribution in [0.3, 0.4) is 0 Å². The van der Waals surface area contributed by atoms with Crippen LogP contribution >= 0.6 is 0 Å². The number of carboxylic acid groups (broad SMARTS) is 1. The SMILES string of the molecule is CCOc1cc2c(cc1C(=O)NC[C@@H](O)[C@@H]1Cc3ccccc3CN1C(=O)O)CN(CCc1ccccc1)C2=O. The Hall–Kier alpha value is -4.37. The summed E-state index contributed by atoms with van der Waals surface area (Å²) in [5.41, 5.74) is 4.56. The third kappa shape index (κ3) is 5.65. The average molecular weight is 544 g/mol. The highest BCUT2D eigenvalue weighted by atomic mass is 16.5. The lowest BCUT2D eigenvalue weighted by atomic mass is 9.91. The van der Waals surface area contributed by atoms with Crippen molar-refractivity contribution in [2.45, 2.75) is 45.0 Å². The Balaban J connectivity index is 1.28. The summed E-state index contributed by atoms with van der Waals surface area (Å²) in [6, 6.07) is 20.1. The van der Waals surface area contributed by atoms with Crippen LogP contribution in [0.2, 0.25) is 0 Å². The van der Waals surface area contributed by atoms with Crippen LogP contribution in [0.1, 0.15) is 49.9 Å². The van der Waals surface area contributed by atoms with Gasteiger partial charge in [-0.25, -0.2) is 4.79 Å². The van der Waals surface area contributed by atoms with Crippen LogP contribution in [0.4, 0.5) is 4.79 Å². The first-order valence-electron chi connectivity index (χ1n) is 13.5. The van der Waals surface area contributed by atoms with E-state index in [2.05, 4.69) is 5.32 Å². The number of amides is 3. The Morgan fingerprint density at radius 2 is 1.75 bits per heavy atom. The molecule has 9 nitrogen and oxygen atoms in total. The van der Waals surface area contributed by atoms with E-state index in [-0.39, 0.29) is 24.6 Å². The summed E-state index contributed by atoms with van der Waals surface area (Å²) in [6.07, 6.45) is -1.16. The molecule has 0 aliphatic carbocycles. The molecular formula is C31H33N3O6. The number of carbonyl (C=O) groups excluding carboxylic acids is 2. The van der Waals surface area contributed by atoms with Crippen molar-refractivity contribution in [3.63, 3.8) is 0 Å². The number of fused-ring (bicyclic) bond motifs is 2. The van der Waals surface area contributed by atoms with Crippen molar-refractivity contribution in [3.8, 4) is 5.75 Å². The summed E-state index contributed by atoms with van der Waals surface area (Å²) in [5.74, 6) is -0.260. The summed E-state index contributed by atoms with van der Waals surface area (Å²) in [7, 11) is 0. The number of nitrogens with zero attached hydrogens (tertiary/aromatic N) is 2. The number of nitrogens with one attached hydrogen (secondary N) is 1. The summed E-state index contributed by atoms with van der Waals surface area (Å²) in [5, 5.41) is 23.5. The Kier molecular flexibility index (Phi) is 8.02. The molecule has 0 saturated carbocycles. The molecule has 2 heterocycles. The van der Waals surface area contributed by atoms with Crippen molar-refractivity contribution in [3.05, 3.63) is 100 Å². The van der Waals surface area contributed by atoms with E-state index < -0.39 is 24.1 Å². The fourth-order valence-electron chi connectivity index (χ4n) is 5.47. The molecule has 2 atom stereocenters. The first-order chi connectivity index (χ1) is 19.4. The smallest absolute Gasteiger partial charge is 0.407 e. The number of benzene rings is 3. The van der Waals surface area contributed by atoms with Crippen LogP contribution in [0, 0.1) is 0 Å². The fourth-order valence-corrected chi connectivity index (χ4v) is 5.47. The lowest BCUT2D eigenvalue weighted by Gasteiger charge is -2.37. The summed E-state index contributed by atoms with van der Waals surface area (Å²) in [4.78, 5) is 41.3. The van der Waals surface area contributed by atoms with Crippen LogP contribution in [-0.2, 0) is 25.9 Å². The summed E-state index contributed by atoms with van der Waals surface area (Å²) >= 11 is 0. The molecule has 3 N–H and O–H groups in total. The third-order valence-corrected chi connectivity index (χ3v) is 7.59. The number of carbonyl (C=O) groups is 3. The van der Waals surface area contributed by atoms with Gasteiger partial charge in [0.2, 0.25) is 0 Å². The van der Waals surface area contributed by atoms with Gasteiger partial charge in [-0.05, 0) is 54.2 Å². The molecule has 208 valence electrons. The van der Waals surface area contributed by atoms with Crippen LogP contribution < -0.4 is 10.1 Å². The quantitative estimate of drug-likeness (QED) is 0.380. The standard InChI is InChI=1S/C31H33N3O6/c1-2-40-28-16-24-23(18-33(30(24)37)13-12-20-8-4-3-5-9-20)14-25(28)29(36)32-17-27(35)26-15-21-10-6-7-11-22(21)19-34(26)31(38)39/h3-11,14,16,26-27,35H,2,12-13,15,17-19H2,1H3,(H,32,36)(H,38,39)/t26-,27+/m0/s1. The van der Waals surface area contributed by atoms with Crippen LogP contribution in [0.5, 0.6) is 5.75 Å². The van der Waals surface area contributed by atoms with E-state index in [9.17, 15) is 24.6 Å². The number of rotatable bonds is 9. The van der Waals surface area contributed by atoms with Crippen molar-refractivity contribution in [2.75, 3.05) is 19.7 Å². The van der Waals surface area contributed by atoms with Gasteiger partial charge in [-0.2, -0.15) is 0 Å². The van der Waals surface area contributed by atoms with Gasteiger partial charge in [-0.15, -0.1) is 0 Å². The summed E-state index contributed by atoms with van der Waals surface area (Å²) in [6.45, 7) is 3.09. The highest BCUT2D eigenvalue weighted by molar-refractivity contribution is 6.03. The maximum atomic E-state index is 13.3. The van der Waals surface area contributed by atoms with Crippen molar-refractivity contribution < 1.29 is 29.3 Å². The first kappa shape index (κ1) is 27.2. The van der Waals surface area contributed by atoms with E-state index in [1.807, 2.05) is 54.6 Å². The van der Waals surface area contributed by atoms with E-state index in [0.717, 1.165) is 28.7 Å². The Labute approximate surface area is 233 Å². The van der Waals surface area contributed by atoms with E-state index in [1.54, 1.807) is 24.0 Å². The van der Waals surface area contributed by atoms with E-state index >= 15 is 0 Å². The molecular weight excluding hydrogens is 510 g/mol. The topological polar surface area (TPSA) is 119 Å². The molecule has 3 amide bonds. The number of aliphatic hydroxyl groups excluding tert-OH is 1. The Morgan fingerprint density at radius 1 is 1.02 bits per heavy atom. The van der Waals surface area contributed by atoms with Crippen molar-refractivity contribution in [2.24, 2.45) is 0 Å². The molecule has 5 rings (SSSR count). The van der Waals surface area contributed by atoms with Gasteiger partial charge in [-0.1, -0.05) is 54.6 Å². The van der Waals surface area contributed by atoms with Gasteiger partial charge in [0.15, 0.2) is 0 Å². The van der Waals surface area contributed by atoms with Crippen molar-refractivity contribution in [1.82, 2.24) is 15.1 Å². The Bertz CT molecular complexity index is 1410. The highest BCUT2D eigenvalue weighted by Gasteiger charge is 2.35. The second-order valence-corrected chi connectivity index (χ2v) is 10.1. The molecule has 9 heteroatoms. The molecule has 0 spiro atoms. The van der Waals surface area contributed by atoms with E-state index in [1.165, 1.54) is 4.90 Å². The molecule has 3 aromatic rings. The maximum Gasteiger partial charge on any atom is 0.407 e. The molecule has 0 radical (unpaired) electrons. The zero-order chi connectivity index (χ0) is 28.2. The van der Waals surface area contributed by atoms with Crippen LogP contribution in [0.15, 0.2) is 66.7 Å². The van der Waals surface area contributed by atoms with Gasteiger partial charge in [0.05, 0.1) is 24.3 Å².